The maximum absolute atomic E-state index is 11.4. The van der Waals surface area contributed by atoms with Crippen LogP contribution in [0.15, 0.2) is 53.1 Å². The SMILES string of the molecule is COC(=O)c1ccn(CSc2nncn2/N=C/c2ccc([N+](=O)[O-])cc2)n1. The quantitative estimate of drug-likeness (QED) is 0.197. The molecule has 12 heteroatoms. The molecule has 0 amide bonds. The van der Waals surface area contributed by atoms with Gasteiger partial charge in [-0.2, -0.15) is 14.9 Å². The van der Waals surface area contributed by atoms with E-state index in [1.165, 1.54) is 42.0 Å². The van der Waals surface area contributed by atoms with Crippen molar-refractivity contribution in [1.82, 2.24) is 24.7 Å². The van der Waals surface area contributed by atoms with Crippen molar-refractivity contribution in [2.45, 2.75) is 11.0 Å². The van der Waals surface area contributed by atoms with Crippen LogP contribution in [-0.2, 0) is 10.6 Å². The van der Waals surface area contributed by atoms with Crippen LogP contribution in [0.3, 0.4) is 0 Å². The molecular formula is C15H13N7O4S. The van der Waals surface area contributed by atoms with Gasteiger partial charge in [0, 0.05) is 18.3 Å². The standard InChI is InChI=1S/C15H13N7O4S/c1-26-14(23)13-6-7-20(19-13)10-27-15-18-16-9-21(15)17-8-11-2-4-12(5-3-11)22(24)25/h2-9H,10H2,1H3/b17-8+. The number of carbonyl (C=O) groups is 1. The second-order valence-corrected chi connectivity index (χ2v) is 5.97. The van der Waals surface area contributed by atoms with Crippen LogP contribution in [0.4, 0.5) is 5.69 Å². The van der Waals surface area contributed by atoms with Gasteiger partial charge in [0.2, 0.25) is 5.16 Å². The zero-order valence-corrected chi connectivity index (χ0v) is 14.8. The lowest BCUT2D eigenvalue weighted by atomic mass is 10.2. The second kappa shape index (κ2) is 8.23. The Hall–Kier alpha value is -3.54. The van der Waals surface area contributed by atoms with Gasteiger partial charge in [-0.1, -0.05) is 11.8 Å². The maximum atomic E-state index is 11.4. The summed E-state index contributed by atoms with van der Waals surface area (Å²) in [5.41, 5.74) is 0.925. The Bertz CT molecular complexity index is 980. The number of nitro benzene ring substituents is 1. The average molecular weight is 387 g/mol. The van der Waals surface area contributed by atoms with Gasteiger partial charge in [-0.05, 0) is 23.8 Å². The van der Waals surface area contributed by atoms with Crippen molar-refractivity contribution >= 4 is 29.6 Å². The molecule has 0 radical (unpaired) electrons. The predicted octanol–water partition coefficient (Wildman–Crippen LogP) is 1.80. The Balaban J connectivity index is 1.64. The molecule has 2 heterocycles. The lowest BCUT2D eigenvalue weighted by Gasteiger charge is -2.01. The largest absolute Gasteiger partial charge is 0.464 e. The third-order valence-corrected chi connectivity index (χ3v) is 4.22. The molecule has 3 rings (SSSR count). The number of methoxy groups -OCH3 is 1. The molecule has 0 N–H and O–H groups in total. The Morgan fingerprint density at radius 3 is 2.85 bits per heavy atom. The van der Waals surface area contributed by atoms with Gasteiger partial charge in [0.05, 0.1) is 24.1 Å². The number of carbonyl (C=O) groups excluding carboxylic acids is 1. The fourth-order valence-corrected chi connectivity index (χ4v) is 2.70. The van der Waals surface area contributed by atoms with Crippen LogP contribution in [0.2, 0.25) is 0 Å². The fraction of sp³-hybridized carbons (Fsp3) is 0.133. The Morgan fingerprint density at radius 1 is 1.37 bits per heavy atom. The summed E-state index contributed by atoms with van der Waals surface area (Å²) in [5, 5.41) is 27.3. The summed E-state index contributed by atoms with van der Waals surface area (Å²) >= 11 is 1.32. The highest BCUT2D eigenvalue weighted by atomic mass is 32.2. The Kier molecular flexibility index (Phi) is 5.56. The molecule has 0 aliphatic heterocycles. The highest BCUT2D eigenvalue weighted by Gasteiger charge is 2.10. The number of esters is 1. The minimum absolute atomic E-state index is 0.0123. The maximum Gasteiger partial charge on any atom is 0.358 e. The molecule has 3 aromatic rings. The van der Waals surface area contributed by atoms with Crippen molar-refractivity contribution < 1.29 is 14.5 Å². The molecule has 0 bridgehead atoms. The highest BCUT2D eigenvalue weighted by Crippen LogP contribution is 2.17. The van der Waals surface area contributed by atoms with Gasteiger partial charge in [0.15, 0.2) is 5.69 Å². The van der Waals surface area contributed by atoms with E-state index in [2.05, 4.69) is 25.1 Å². The number of benzene rings is 1. The molecule has 0 aliphatic carbocycles. The van der Waals surface area contributed by atoms with Crippen molar-refractivity contribution in [3.05, 3.63) is 64.2 Å². The number of nitro groups is 1. The number of non-ortho nitro benzene ring substituents is 1. The van der Waals surface area contributed by atoms with Crippen LogP contribution >= 0.6 is 11.8 Å². The summed E-state index contributed by atoms with van der Waals surface area (Å²) in [6.07, 6.45) is 4.63. The molecule has 27 heavy (non-hydrogen) atoms. The van der Waals surface area contributed by atoms with Gasteiger partial charge in [-0.3, -0.25) is 14.8 Å². The first-order valence-electron chi connectivity index (χ1n) is 7.50. The Morgan fingerprint density at radius 2 is 2.15 bits per heavy atom. The molecule has 0 saturated carbocycles. The first-order valence-corrected chi connectivity index (χ1v) is 8.49. The second-order valence-electron chi connectivity index (χ2n) is 5.06. The number of hydrogen-bond donors (Lipinski definition) is 0. The number of nitrogens with zero attached hydrogens (tertiary/aromatic N) is 7. The molecule has 0 atom stereocenters. The number of thioether (sulfide) groups is 1. The summed E-state index contributed by atoms with van der Waals surface area (Å²) < 4.78 is 7.64. The van der Waals surface area contributed by atoms with Crippen LogP contribution in [-0.4, -0.2) is 48.9 Å². The molecule has 11 nitrogen and oxygen atoms in total. The van der Waals surface area contributed by atoms with Crippen LogP contribution in [0.1, 0.15) is 16.1 Å². The first kappa shape index (κ1) is 18.3. The zero-order chi connectivity index (χ0) is 19.2. The summed E-state index contributed by atoms with van der Waals surface area (Å²) in [6.45, 7) is 0. The number of hydrogen-bond acceptors (Lipinski definition) is 9. The molecule has 138 valence electrons. The predicted molar refractivity (Wildman–Crippen MR) is 95.5 cm³/mol. The molecule has 0 unspecified atom stereocenters. The summed E-state index contributed by atoms with van der Waals surface area (Å²) in [5.74, 6) is -0.113. The third kappa shape index (κ3) is 4.55. The Labute approximate surface area is 156 Å². The number of aromatic nitrogens is 5. The van der Waals surface area contributed by atoms with Crippen LogP contribution < -0.4 is 0 Å². The van der Waals surface area contributed by atoms with Gasteiger partial charge < -0.3 is 4.74 Å². The summed E-state index contributed by atoms with van der Waals surface area (Å²) in [4.78, 5) is 21.6. The van der Waals surface area contributed by atoms with E-state index in [4.69, 9.17) is 0 Å². The molecule has 0 spiro atoms. The molecule has 2 aromatic heterocycles. The summed E-state index contributed by atoms with van der Waals surface area (Å²) in [6, 6.07) is 7.55. The van der Waals surface area contributed by atoms with Gasteiger partial charge in [-0.15, -0.1) is 10.2 Å². The van der Waals surface area contributed by atoms with Crippen LogP contribution in [0, 0.1) is 10.1 Å². The van der Waals surface area contributed by atoms with Crippen molar-refractivity contribution in [2.75, 3.05) is 7.11 Å². The normalized spacial score (nSPS) is 11.0. The van der Waals surface area contributed by atoms with Gasteiger partial charge in [-0.25, -0.2) is 4.79 Å². The minimum Gasteiger partial charge on any atom is -0.464 e. The lowest BCUT2D eigenvalue weighted by Crippen LogP contribution is -2.04. The highest BCUT2D eigenvalue weighted by molar-refractivity contribution is 7.98. The van der Waals surface area contributed by atoms with E-state index in [-0.39, 0.29) is 11.4 Å². The van der Waals surface area contributed by atoms with E-state index < -0.39 is 10.9 Å². The van der Waals surface area contributed by atoms with Crippen LogP contribution in [0.25, 0.3) is 0 Å². The third-order valence-electron chi connectivity index (χ3n) is 3.30. The lowest BCUT2D eigenvalue weighted by molar-refractivity contribution is -0.384. The molecule has 0 aliphatic rings. The molecule has 1 aromatic carbocycles. The minimum atomic E-state index is -0.505. The molecule has 0 saturated heterocycles. The average Bonchev–Trinajstić information content (AvgIpc) is 3.33. The number of rotatable bonds is 7. The van der Waals surface area contributed by atoms with Crippen molar-refractivity contribution in [3.63, 3.8) is 0 Å². The zero-order valence-electron chi connectivity index (χ0n) is 14.0. The van der Waals surface area contributed by atoms with Gasteiger partial charge in [0.25, 0.3) is 5.69 Å². The number of ether oxygens (including phenoxy) is 1. The molecular weight excluding hydrogens is 374 g/mol. The smallest absolute Gasteiger partial charge is 0.358 e. The monoisotopic (exact) mass is 387 g/mol. The van der Waals surface area contributed by atoms with Gasteiger partial charge in [0.1, 0.15) is 6.33 Å². The van der Waals surface area contributed by atoms with E-state index in [0.717, 1.165) is 0 Å². The van der Waals surface area contributed by atoms with E-state index >= 15 is 0 Å². The summed E-state index contributed by atoms with van der Waals surface area (Å²) in [7, 11) is 1.29. The van der Waals surface area contributed by atoms with Gasteiger partial charge >= 0.3 is 5.97 Å². The van der Waals surface area contributed by atoms with Crippen LogP contribution in [0.5, 0.6) is 0 Å². The first-order chi connectivity index (χ1) is 13.1. The van der Waals surface area contributed by atoms with E-state index in [0.29, 0.717) is 16.6 Å². The van der Waals surface area contributed by atoms with E-state index in [1.807, 2.05) is 0 Å². The van der Waals surface area contributed by atoms with E-state index in [1.54, 1.807) is 35.3 Å². The van der Waals surface area contributed by atoms with Crippen molar-refractivity contribution in [1.29, 1.82) is 0 Å². The van der Waals surface area contributed by atoms with Crippen molar-refractivity contribution in [3.8, 4) is 0 Å². The topological polar surface area (TPSA) is 130 Å². The van der Waals surface area contributed by atoms with Crippen molar-refractivity contribution in [2.24, 2.45) is 5.10 Å². The van der Waals surface area contributed by atoms with E-state index in [9.17, 15) is 14.9 Å². The fourth-order valence-electron chi connectivity index (χ4n) is 1.98. The molecule has 0 fully saturated rings.